The minimum absolute atomic E-state index is 0.796. The van der Waals surface area contributed by atoms with E-state index >= 15 is 0 Å². The molecular weight excluding hydrogens is 288 g/mol. The average Bonchev–Trinajstić information content (AvgIpc) is 3.00. The maximum atomic E-state index is 4.01. The molecule has 2 heterocycles. The molecular formula is C19H35N2S+. The summed E-state index contributed by atoms with van der Waals surface area (Å²) in [6, 6.07) is 0.858. The van der Waals surface area contributed by atoms with E-state index < -0.39 is 0 Å². The van der Waals surface area contributed by atoms with Crippen LogP contribution in [0.25, 0.3) is 0 Å². The van der Waals surface area contributed by atoms with E-state index in [1.165, 1.54) is 90.3 Å². The topological polar surface area (TPSA) is 16.5 Å². The average molecular weight is 324 g/mol. The molecule has 3 atom stereocenters. The molecule has 0 amide bonds. The number of fused-ring (bicyclic) bond motifs is 1. The molecule has 4 aliphatic rings. The molecule has 2 saturated heterocycles. The predicted molar refractivity (Wildman–Crippen MR) is 95.4 cm³/mol. The normalized spacial score (nSPS) is 43.9. The molecule has 2 N–H and O–H groups in total. The van der Waals surface area contributed by atoms with E-state index in [1.54, 1.807) is 0 Å². The Morgan fingerprint density at radius 1 is 0.818 bits per heavy atom. The van der Waals surface area contributed by atoms with E-state index in [9.17, 15) is 0 Å². The predicted octanol–water partition coefficient (Wildman–Crippen LogP) is 2.84. The van der Waals surface area contributed by atoms with Crippen LogP contribution in [0.15, 0.2) is 0 Å². The van der Waals surface area contributed by atoms with Gasteiger partial charge >= 0.3 is 0 Å². The van der Waals surface area contributed by atoms with Crippen LogP contribution in [0.3, 0.4) is 0 Å². The van der Waals surface area contributed by atoms with Crippen molar-refractivity contribution in [2.24, 2.45) is 11.8 Å². The highest BCUT2D eigenvalue weighted by Gasteiger charge is 2.40. The number of hydrogen-bond donors (Lipinski definition) is 2. The van der Waals surface area contributed by atoms with Crippen LogP contribution in [0.4, 0.5) is 0 Å². The second-order valence-electron chi connectivity index (χ2n) is 8.45. The standard InChI is InChI=1S/C19H34N2S/c1-2-6-15(7-3-1)14-21-12-10-16(11-13-21)19-20-17-8-4-5-9-18(17)22-19/h15-20H,1-14H2/p+1. The van der Waals surface area contributed by atoms with Gasteiger partial charge in [0.1, 0.15) is 0 Å². The van der Waals surface area contributed by atoms with Crippen molar-refractivity contribution in [2.45, 2.75) is 87.3 Å². The maximum absolute atomic E-state index is 4.01. The highest BCUT2D eigenvalue weighted by Crippen LogP contribution is 2.40. The number of piperidine rings is 1. The Balaban J connectivity index is 1.22. The zero-order valence-electron chi connectivity index (χ0n) is 14.2. The van der Waals surface area contributed by atoms with Gasteiger partial charge in [0.25, 0.3) is 0 Å². The van der Waals surface area contributed by atoms with Gasteiger partial charge in [-0.25, -0.2) is 0 Å². The summed E-state index contributed by atoms with van der Waals surface area (Å²) in [5.74, 6) is 2.02. The molecule has 3 heteroatoms. The summed E-state index contributed by atoms with van der Waals surface area (Å²) in [6.07, 6.45) is 16.4. The van der Waals surface area contributed by atoms with Gasteiger partial charge in [-0.3, -0.25) is 0 Å². The molecule has 22 heavy (non-hydrogen) atoms. The van der Waals surface area contributed by atoms with Crippen molar-refractivity contribution in [3.8, 4) is 0 Å². The van der Waals surface area contributed by atoms with Crippen LogP contribution < -0.4 is 10.2 Å². The molecule has 0 radical (unpaired) electrons. The maximum Gasteiger partial charge on any atom is 0.0799 e. The zero-order valence-corrected chi connectivity index (χ0v) is 15.0. The van der Waals surface area contributed by atoms with Gasteiger partial charge in [-0.2, -0.15) is 0 Å². The second-order valence-corrected chi connectivity index (χ2v) is 9.83. The molecule has 0 bridgehead atoms. The van der Waals surface area contributed by atoms with Gasteiger partial charge in [-0.05, 0) is 31.6 Å². The number of rotatable bonds is 3. The number of quaternary nitrogens is 1. The van der Waals surface area contributed by atoms with Gasteiger partial charge in [-0.1, -0.05) is 32.1 Å². The van der Waals surface area contributed by atoms with Crippen LogP contribution in [0.5, 0.6) is 0 Å². The van der Waals surface area contributed by atoms with Crippen molar-refractivity contribution < 1.29 is 4.90 Å². The van der Waals surface area contributed by atoms with Crippen molar-refractivity contribution in [2.75, 3.05) is 19.6 Å². The quantitative estimate of drug-likeness (QED) is 0.831. The molecule has 2 saturated carbocycles. The summed E-state index contributed by atoms with van der Waals surface area (Å²) in [5, 5.41) is 5.76. The molecule has 2 aliphatic heterocycles. The number of likely N-dealkylation sites (tertiary alicyclic amines) is 1. The number of thioether (sulfide) groups is 1. The highest BCUT2D eigenvalue weighted by molar-refractivity contribution is 8.00. The summed E-state index contributed by atoms with van der Waals surface area (Å²) < 4.78 is 0. The third-order valence-electron chi connectivity index (χ3n) is 6.87. The van der Waals surface area contributed by atoms with E-state index in [0.717, 1.165) is 28.5 Å². The number of nitrogens with one attached hydrogen (secondary N) is 2. The first-order valence-corrected chi connectivity index (χ1v) is 11.1. The first-order chi connectivity index (χ1) is 10.9. The van der Waals surface area contributed by atoms with Gasteiger partial charge in [0.05, 0.1) is 25.0 Å². The lowest BCUT2D eigenvalue weighted by molar-refractivity contribution is -0.909. The molecule has 4 rings (SSSR count). The van der Waals surface area contributed by atoms with Crippen LogP contribution in [-0.2, 0) is 0 Å². The van der Waals surface area contributed by atoms with Gasteiger partial charge in [0, 0.05) is 30.1 Å². The van der Waals surface area contributed by atoms with Crippen LogP contribution in [0.1, 0.15) is 70.6 Å². The van der Waals surface area contributed by atoms with E-state index in [0.29, 0.717) is 0 Å². The lowest BCUT2D eigenvalue weighted by Gasteiger charge is -2.34. The van der Waals surface area contributed by atoms with Gasteiger partial charge < -0.3 is 10.2 Å². The molecule has 0 spiro atoms. The van der Waals surface area contributed by atoms with Crippen molar-refractivity contribution >= 4 is 11.8 Å². The first kappa shape index (κ1) is 15.8. The lowest BCUT2D eigenvalue weighted by Crippen LogP contribution is -3.13. The van der Waals surface area contributed by atoms with E-state index in [4.69, 9.17) is 0 Å². The van der Waals surface area contributed by atoms with E-state index in [-0.39, 0.29) is 0 Å². The Bertz CT molecular complexity index is 333. The molecule has 2 aliphatic carbocycles. The third kappa shape index (κ3) is 3.67. The second kappa shape index (κ2) is 7.44. The Morgan fingerprint density at radius 3 is 2.32 bits per heavy atom. The van der Waals surface area contributed by atoms with Crippen LogP contribution >= 0.6 is 11.8 Å². The molecule has 3 unspecified atom stereocenters. The van der Waals surface area contributed by atoms with Crippen molar-refractivity contribution in [3.05, 3.63) is 0 Å². The highest BCUT2D eigenvalue weighted by atomic mass is 32.2. The minimum Gasteiger partial charge on any atom is -0.335 e. The zero-order chi connectivity index (χ0) is 14.8. The molecule has 126 valence electrons. The monoisotopic (exact) mass is 323 g/mol. The summed E-state index contributed by atoms with van der Waals surface area (Å²) in [5.41, 5.74) is 0. The fourth-order valence-electron chi connectivity index (χ4n) is 5.49. The fraction of sp³-hybridized carbons (Fsp3) is 1.00. The van der Waals surface area contributed by atoms with Crippen LogP contribution in [0, 0.1) is 11.8 Å². The van der Waals surface area contributed by atoms with Crippen molar-refractivity contribution in [1.82, 2.24) is 5.32 Å². The molecule has 0 aromatic carbocycles. The largest absolute Gasteiger partial charge is 0.335 e. The van der Waals surface area contributed by atoms with Crippen LogP contribution in [0.2, 0.25) is 0 Å². The van der Waals surface area contributed by atoms with Crippen LogP contribution in [-0.4, -0.2) is 36.3 Å². The molecule has 4 fully saturated rings. The van der Waals surface area contributed by atoms with Crippen molar-refractivity contribution in [1.29, 1.82) is 0 Å². The summed E-state index contributed by atoms with van der Waals surface area (Å²) >= 11 is 2.32. The van der Waals surface area contributed by atoms with E-state index in [1.807, 2.05) is 4.90 Å². The summed E-state index contributed by atoms with van der Waals surface area (Å²) in [7, 11) is 0. The minimum atomic E-state index is 0.796. The van der Waals surface area contributed by atoms with E-state index in [2.05, 4.69) is 17.1 Å². The lowest BCUT2D eigenvalue weighted by atomic mass is 9.87. The Labute approximate surface area is 141 Å². The Hall–Kier alpha value is 0.270. The summed E-state index contributed by atoms with van der Waals surface area (Å²) in [6.45, 7) is 4.40. The Morgan fingerprint density at radius 2 is 1.55 bits per heavy atom. The Kier molecular flexibility index (Phi) is 5.34. The molecule has 0 aromatic rings. The number of hydrogen-bond acceptors (Lipinski definition) is 2. The smallest absolute Gasteiger partial charge is 0.0799 e. The third-order valence-corrected chi connectivity index (χ3v) is 8.60. The summed E-state index contributed by atoms with van der Waals surface area (Å²) in [4.78, 5) is 1.93. The van der Waals surface area contributed by atoms with Gasteiger partial charge in [-0.15, -0.1) is 11.8 Å². The molecule has 2 nitrogen and oxygen atoms in total. The molecule has 0 aromatic heterocycles. The fourth-order valence-corrected chi connectivity index (χ4v) is 7.32. The van der Waals surface area contributed by atoms with Crippen molar-refractivity contribution in [3.63, 3.8) is 0 Å². The SMILES string of the molecule is C1CCC(C[NH+]2CCC(C3NC4CCCCC4S3)CC2)CC1. The van der Waals surface area contributed by atoms with Gasteiger partial charge in [0.2, 0.25) is 0 Å². The first-order valence-electron chi connectivity index (χ1n) is 10.1. The van der Waals surface area contributed by atoms with Gasteiger partial charge in [0.15, 0.2) is 0 Å².